The van der Waals surface area contributed by atoms with Crippen molar-refractivity contribution in [3.63, 3.8) is 0 Å². The monoisotopic (exact) mass is 184 g/mol. The first-order chi connectivity index (χ1) is 3.73. The molecule has 0 atom stereocenters. The average molecular weight is 184 g/mol. The van der Waals surface area contributed by atoms with Crippen LogP contribution in [-0.2, 0) is 9.15 Å². The third-order valence-corrected chi connectivity index (χ3v) is 0. The van der Waals surface area contributed by atoms with Gasteiger partial charge in [-0.05, 0) is 11.7 Å². The summed E-state index contributed by atoms with van der Waals surface area (Å²) in [5.41, 5.74) is 0. The summed E-state index contributed by atoms with van der Waals surface area (Å²) < 4.78 is 54.5. The zero-order valence-electron chi connectivity index (χ0n) is 3.83. The van der Waals surface area contributed by atoms with E-state index in [1.54, 1.807) is 0 Å². The summed E-state index contributed by atoms with van der Waals surface area (Å²) in [6, 6.07) is 0. The lowest BCUT2D eigenvalue weighted by Crippen LogP contribution is -1.78. The standard InChI is InChI=1S/CHF3.H2O3S2/c2-1(3)4;1-5(2,3)4/h1H;(H2,1,2,3,4). The van der Waals surface area contributed by atoms with E-state index in [1.165, 1.54) is 0 Å². The zero-order chi connectivity index (χ0) is 8.08. The molecule has 0 aliphatic heterocycles. The molecule has 0 heterocycles. The Morgan fingerprint density at radius 3 is 1.33 bits per heavy atom. The maximum Gasteiger partial charge on any atom is 0.379 e. The number of thiol groups is 1. The van der Waals surface area contributed by atoms with E-state index >= 15 is 0 Å². The summed E-state index contributed by atoms with van der Waals surface area (Å²) >= 11 is 2.65. The first kappa shape index (κ1) is 11.8. The van der Waals surface area contributed by atoms with Gasteiger partial charge in [0.15, 0.2) is 0 Å². The molecular formula is CH3F3O3S2. The van der Waals surface area contributed by atoms with Crippen LogP contribution < -0.4 is 0 Å². The van der Waals surface area contributed by atoms with Crippen molar-refractivity contribution in [2.75, 3.05) is 0 Å². The third-order valence-electron chi connectivity index (χ3n) is 0. The molecule has 0 aliphatic carbocycles. The Morgan fingerprint density at radius 1 is 1.33 bits per heavy atom. The van der Waals surface area contributed by atoms with Gasteiger partial charge in [-0.15, -0.1) is 0 Å². The fraction of sp³-hybridized carbons (Fsp3) is 1.00. The third kappa shape index (κ3) is 118000. The molecule has 0 bridgehead atoms. The van der Waals surface area contributed by atoms with Crippen LogP contribution in [0.3, 0.4) is 0 Å². The lowest BCUT2D eigenvalue weighted by Gasteiger charge is -1.67. The van der Waals surface area contributed by atoms with Crippen molar-refractivity contribution in [1.29, 1.82) is 0 Å². The minimum Gasteiger partial charge on any atom is -0.277 e. The Bertz CT molecular complexity index is 128. The molecule has 58 valence electrons. The summed E-state index contributed by atoms with van der Waals surface area (Å²) in [7, 11) is -3.97. The maximum absolute atomic E-state index is 9.67. The van der Waals surface area contributed by atoms with E-state index in [4.69, 9.17) is 13.0 Å². The van der Waals surface area contributed by atoms with Crippen LogP contribution in [0.1, 0.15) is 0 Å². The molecule has 0 fully saturated rings. The molecule has 0 radical (unpaired) electrons. The predicted octanol–water partition coefficient (Wildman–Crippen LogP) is 0.897. The molecule has 0 aromatic rings. The molecule has 3 nitrogen and oxygen atoms in total. The van der Waals surface area contributed by atoms with Crippen LogP contribution >= 0.6 is 11.7 Å². The molecule has 0 aromatic heterocycles. The first-order valence-electron chi connectivity index (χ1n) is 1.35. The number of rotatable bonds is 0. The van der Waals surface area contributed by atoms with Gasteiger partial charge in [0.25, 0.3) is 0 Å². The van der Waals surface area contributed by atoms with Crippen molar-refractivity contribution in [3.8, 4) is 0 Å². The van der Waals surface area contributed by atoms with Gasteiger partial charge in [0, 0.05) is 0 Å². The van der Waals surface area contributed by atoms with E-state index in [1.807, 2.05) is 0 Å². The van der Waals surface area contributed by atoms with Gasteiger partial charge in [0.2, 0.25) is 0 Å². The molecule has 8 heteroatoms. The second kappa shape index (κ2) is 4.89. The molecule has 0 saturated carbocycles. The molecule has 0 amide bonds. The Hall–Kier alpha value is 0.0500. The quantitative estimate of drug-likeness (QED) is 0.334. The van der Waals surface area contributed by atoms with E-state index in [2.05, 4.69) is 11.7 Å². The molecule has 0 saturated heterocycles. The van der Waals surface area contributed by atoms with Crippen LogP contribution in [-0.4, -0.2) is 19.6 Å². The van der Waals surface area contributed by atoms with Crippen LogP contribution in [0.5, 0.6) is 0 Å². The number of halogens is 3. The zero-order valence-corrected chi connectivity index (χ0v) is 5.54. The molecule has 0 spiro atoms. The van der Waals surface area contributed by atoms with Gasteiger partial charge in [-0.2, -0.15) is 21.6 Å². The van der Waals surface area contributed by atoms with Crippen LogP contribution in [0.25, 0.3) is 0 Å². The van der Waals surface area contributed by atoms with E-state index in [0.29, 0.717) is 0 Å². The van der Waals surface area contributed by atoms with Gasteiger partial charge in [0.05, 0.1) is 0 Å². The summed E-state index contributed by atoms with van der Waals surface area (Å²) in [5.74, 6) is 0. The Kier molecular flexibility index (Phi) is 6.40. The Balaban J connectivity index is 0. The van der Waals surface area contributed by atoms with Crippen molar-refractivity contribution >= 4 is 20.8 Å². The van der Waals surface area contributed by atoms with Gasteiger partial charge in [-0.25, -0.2) is 0 Å². The molecule has 1 N–H and O–H groups in total. The van der Waals surface area contributed by atoms with Crippen molar-refractivity contribution in [1.82, 2.24) is 0 Å². The minimum absolute atomic E-state index is 2.65. The van der Waals surface area contributed by atoms with E-state index in [0.717, 1.165) is 0 Å². The second-order valence-corrected chi connectivity index (χ2v) is 2.98. The van der Waals surface area contributed by atoms with E-state index in [9.17, 15) is 13.2 Å². The van der Waals surface area contributed by atoms with E-state index < -0.39 is 15.8 Å². The molecule has 0 aromatic carbocycles. The van der Waals surface area contributed by atoms with E-state index in [-0.39, 0.29) is 0 Å². The predicted molar refractivity (Wildman–Crippen MR) is 27.6 cm³/mol. The normalized spacial score (nSPS) is 10.4. The summed E-state index contributed by atoms with van der Waals surface area (Å²) in [6.07, 6.45) is 0. The van der Waals surface area contributed by atoms with Crippen LogP contribution in [0, 0.1) is 0 Å². The fourth-order valence-corrected chi connectivity index (χ4v) is 0. The summed E-state index contributed by atoms with van der Waals surface area (Å²) in [5, 5.41) is 0. The topological polar surface area (TPSA) is 54.4 Å². The summed E-state index contributed by atoms with van der Waals surface area (Å²) in [4.78, 5) is 0. The highest BCUT2D eigenvalue weighted by Crippen LogP contribution is 1.87. The number of alkyl halides is 3. The molecule has 0 rings (SSSR count). The lowest BCUT2D eigenvalue weighted by atomic mass is 11.6. The van der Waals surface area contributed by atoms with Crippen LogP contribution in [0.4, 0.5) is 13.2 Å². The van der Waals surface area contributed by atoms with Gasteiger partial charge < -0.3 is 0 Å². The molecule has 0 aliphatic rings. The van der Waals surface area contributed by atoms with Gasteiger partial charge in [-0.3, -0.25) is 4.55 Å². The van der Waals surface area contributed by atoms with Crippen LogP contribution in [0.15, 0.2) is 0 Å². The van der Waals surface area contributed by atoms with Crippen LogP contribution in [0.2, 0.25) is 0 Å². The van der Waals surface area contributed by atoms with Gasteiger partial charge in [0.1, 0.15) is 0 Å². The van der Waals surface area contributed by atoms with Gasteiger partial charge in [-0.1, -0.05) is 0 Å². The highest BCUT2D eigenvalue weighted by molar-refractivity contribution is 8.61. The SMILES string of the molecule is FC(F)F.O=S(=O)(O)S. The van der Waals surface area contributed by atoms with Crippen molar-refractivity contribution in [3.05, 3.63) is 0 Å². The smallest absolute Gasteiger partial charge is 0.277 e. The Morgan fingerprint density at radius 2 is 1.33 bits per heavy atom. The van der Waals surface area contributed by atoms with Crippen molar-refractivity contribution in [2.24, 2.45) is 0 Å². The molecule has 9 heavy (non-hydrogen) atoms. The highest BCUT2D eigenvalue weighted by Gasteiger charge is 1.86. The fourth-order valence-electron chi connectivity index (χ4n) is 0. The molecular weight excluding hydrogens is 181 g/mol. The largest absolute Gasteiger partial charge is 0.379 e. The van der Waals surface area contributed by atoms with Crippen molar-refractivity contribution in [2.45, 2.75) is 6.68 Å². The maximum atomic E-state index is 9.67. The lowest BCUT2D eigenvalue weighted by molar-refractivity contribution is 0.00819. The second-order valence-electron chi connectivity index (χ2n) is 0.695. The Labute approximate surface area is 54.4 Å². The highest BCUT2D eigenvalue weighted by atomic mass is 33.1. The summed E-state index contributed by atoms with van der Waals surface area (Å²) in [6.45, 7) is -3.67. The average Bonchev–Trinajstić information content (AvgIpc) is 1.19. The first-order valence-corrected chi connectivity index (χ1v) is 3.85. The number of hydrogen-bond acceptors (Lipinski definition) is 2. The minimum atomic E-state index is -3.97. The van der Waals surface area contributed by atoms with Gasteiger partial charge >= 0.3 is 15.8 Å². The number of hydrogen-bond donors (Lipinski definition) is 2. The molecule has 0 unspecified atom stereocenters. The van der Waals surface area contributed by atoms with Crippen molar-refractivity contribution < 1.29 is 26.1 Å².